The molecule has 1 aromatic carbocycles. The molecule has 4 rings (SSSR count). The molecule has 1 aromatic heterocycles. The molecule has 0 saturated carbocycles. The first-order chi connectivity index (χ1) is 10.9. The number of hydrogen-bond donors (Lipinski definition) is 1. The molecule has 2 saturated heterocycles. The van der Waals surface area contributed by atoms with E-state index >= 15 is 0 Å². The van der Waals surface area contributed by atoms with Gasteiger partial charge in [0.05, 0.1) is 13.2 Å². The number of aromatic nitrogens is 1. The number of nitrogens with one attached hydrogen (secondary N) is 1. The van der Waals surface area contributed by atoms with E-state index in [1.54, 1.807) is 0 Å². The van der Waals surface area contributed by atoms with E-state index in [4.69, 9.17) is 4.74 Å². The monoisotopic (exact) mass is 299 g/mol. The van der Waals surface area contributed by atoms with Gasteiger partial charge in [-0.3, -0.25) is 9.80 Å². The fourth-order valence-electron chi connectivity index (χ4n) is 3.84. The molecule has 2 fully saturated rings. The minimum atomic E-state index is 0.769. The molecule has 2 aromatic rings. The summed E-state index contributed by atoms with van der Waals surface area (Å²) >= 11 is 0. The standard InChI is InChI=1S/C18H25N3O/c1-2-16-3-6-19-18(16)13-15(1)14-20-7-4-17(5-8-20)21-9-11-22-12-10-21/h1-3,6,13,17,19H,4-5,7-12,14H2. The Morgan fingerprint density at radius 2 is 1.86 bits per heavy atom. The van der Waals surface area contributed by atoms with Crippen LogP contribution >= 0.6 is 0 Å². The second-order valence-corrected chi connectivity index (χ2v) is 6.55. The highest BCUT2D eigenvalue weighted by Crippen LogP contribution is 2.21. The molecule has 0 radical (unpaired) electrons. The van der Waals surface area contributed by atoms with Crippen molar-refractivity contribution in [3.63, 3.8) is 0 Å². The molecule has 4 nitrogen and oxygen atoms in total. The summed E-state index contributed by atoms with van der Waals surface area (Å²) in [7, 11) is 0. The van der Waals surface area contributed by atoms with E-state index in [1.165, 1.54) is 42.4 Å². The normalized spacial score (nSPS) is 22.4. The molecule has 1 N–H and O–H groups in total. The molecule has 22 heavy (non-hydrogen) atoms. The van der Waals surface area contributed by atoms with Gasteiger partial charge in [0.15, 0.2) is 0 Å². The largest absolute Gasteiger partial charge is 0.379 e. The lowest BCUT2D eigenvalue weighted by molar-refractivity contribution is 0.000233. The van der Waals surface area contributed by atoms with Gasteiger partial charge in [0.1, 0.15) is 0 Å². The SMILES string of the molecule is c1cc2ccc(CN3CCC(N4CCOCC4)CC3)cc2[nH]1. The first-order valence-electron chi connectivity index (χ1n) is 8.49. The summed E-state index contributed by atoms with van der Waals surface area (Å²) in [5, 5.41) is 1.30. The van der Waals surface area contributed by atoms with Gasteiger partial charge in [0, 0.05) is 37.4 Å². The van der Waals surface area contributed by atoms with E-state index in [-0.39, 0.29) is 0 Å². The third-order valence-electron chi connectivity index (χ3n) is 5.14. The van der Waals surface area contributed by atoms with Gasteiger partial charge in [0.2, 0.25) is 0 Å². The molecule has 0 amide bonds. The summed E-state index contributed by atoms with van der Waals surface area (Å²) in [5.74, 6) is 0. The van der Waals surface area contributed by atoms with Gasteiger partial charge in [-0.1, -0.05) is 12.1 Å². The molecule has 2 aliphatic rings. The number of benzene rings is 1. The van der Waals surface area contributed by atoms with Crippen molar-refractivity contribution in [1.82, 2.24) is 14.8 Å². The lowest BCUT2D eigenvalue weighted by Gasteiger charge is -2.40. The third kappa shape index (κ3) is 3.05. The second kappa shape index (κ2) is 6.41. The maximum Gasteiger partial charge on any atom is 0.0594 e. The summed E-state index contributed by atoms with van der Waals surface area (Å²) < 4.78 is 5.46. The lowest BCUT2D eigenvalue weighted by atomic mass is 10.0. The van der Waals surface area contributed by atoms with Crippen LogP contribution < -0.4 is 0 Å². The first-order valence-corrected chi connectivity index (χ1v) is 8.49. The van der Waals surface area contributed by atoms with Crippen molar-refractivity contribution in [2.24, 2.45) is 0 Å². The molecule has 0 atom stereocenters. The number of rotatable bonds is 3. The summed E-state index contributed by atoms with van der Waals surface area (Å²) in [6, 6.07) is 9.69. The van der Waals surface area contributed by atoms with E-state index in [2.05, 4.69) is 39.0 Å². The van der Waals surface area contributed by atoms with Gasteiger partial charge in [-0.15, -0.1) is 0 Å². The average Bonchev–Trinajstić information content (AvgIpc) is 3.04. The van der Waals surface area contributed by atoms with Gasteiger partial charge in [-0.2, -0.15) is 0 Å². The molecule has 4 heteroatoms. The van der Waals surface area contributed by atoms with Crippen molar-refractivity contribution in [1.29, 1.82) is 0 Å². The zero-order chi connectivity index (χ0) is 14.8. The highest BCUT2D eigenvalue weighted by Gasteiger charge is 2.25. The lowest BCUT2D eigenvalue weighted by Crippen LogP contribution is -2.48. The quantitative estimate of drug-likeness (QED) is 0.945. The predicted octanol–water partition coefficient (Wildman–Crippen LogP) is 2.46. The van der Waals surface area contributed by atoms with Crippen molar-refractivity contribution < 1.29 is 4.74 Å². The van der Waals surface area contributed by atoms with Crippen molar-refractivity contribution in [3.05, 3.63) is 36.0 Å². The van der Waals surface area contributed by atoms with E-state index < -0.39 is 0 Å². The minimum Gasteiger partial charge on any atom is -0.379 e. The van der Waals surface area contributed by atoms with Crippen LogP contribution in [-0.2, 0) is 11.3 Å². The Balaban J connectivity index is 1.33. The molecule has 3 heterocycles. The predicted molar refractivity (Wildman–Crippen MR) is 89.0 cm³/mol. The molecule has 0 bridgehead atoms. The van der Waals surface area contributed by atoms with Crippen LogP contribution in [0.2, 0.25) is 0 Å². The Labute approximate surface area is 132 Å². The highest BCUT2D eigenvalue weighted by molar-refractivity contribution is 5.79. The molecule has 2 aliphatic heterocycles. The fourth-order valence-corrected chi connectivity index (χ4v) is 3.84. The van der Waals surface area contributed by atoms with Crippen LogP contribution in [0.25, 0.3) is 10.9 Å². The van der Waals surface area contributed by atoms with E-state index in [0.29, 0.717) is 0 Å². The van der Waals surface area contributed by atoms with Crippen molar-refractivity contribution in [3.8, 4) is 0 Å². The number of likely N-dealkylation sites (tertiary alicyclic amines) is 1. The third-order valence-corrected chi connectivity index (χ3v) is 5.14. The number of morpholine rings is 1. The van der Waals surface area contributed by atoms with Gasteiger partial charge >= 0.3 is 0 Å². The number of ether oxygens (including phenoxy) is 1. The number of H-pyrrole nitrogens is 1. The van der Waals surface area contributed by atoms with Gasteiger partial charge in [-0.05, 0) is 49.0 Å². The minimum absolute atomic E-state index is 0.769. The fraction of sp³-hybridized carbons (Fsp3) is 0.556. The Bertz CT molecular complexity index is 610. The summed E-state index contributed by atoms with van der Waals surface area (Å²) in [5.41, 5.74) is 2.67. The molecular formula is C18H25N3O. The summed E-state index contributed by atoms with van der Waals surface area (Å²) in [6.07, 6.45) is 4.61. The summed E-state index contributed by atoms with van der Waals surface area (Å²) in [6.45, 7) is 7.56. The number of aromatic amines is 1. The Morgan fingerprint density at radius 1 is 1.05 bits per heavy atom. The number of nitrogens with zero attached hydrogens (tertiary/aromatic N) is 2. The first kappa shape index (κ1) is 14.2. The maximum absolute atomic E-state index is 5.46. The van der Waals surface area contributed by atoms with Crippen LogP contribution in [0.3, 0.4) is 0 Å². The molecule has 0 aliphatic carbocycles. The molecule has 0 spiro atoms. The van der Waals surface area contributed by atoms with Crippen molar-refractivity contribution in [2.45, 2.75) is 25.4 Å². The smallest absolute Gasteiger partial charge is 0.0594 e. The molecule has 118 valence electrons. The van der Waals surface area contributed by atoms with Crippen LogP contribution in [0.4, 0.5) is 0 Å². The van der Waals surface area contributed by atoms with Crippen molar-refractivity contribution in [2.75, 3.05) is 39.4 Å². The van der Waals surface area contributed by atoms with E-state index in [9.17, 15) is 0 Å². The zero-order valence-corrected chi connectivity index (χ0v) is 13.1. The zero-order valence-electron chi connectivity index (χ0n) is 13.1. The van der Waals surface area contributed by atoms with Crippen LogP contribution in [0.5, 0.6) is 0 Å². The Kier molecular flexibility index (Phi) is 4.15. The molecular weight excluding hydrogens is 274 g/mol. The molecule has 0 unspecified atom stereocenters. The van der Waals surface area contributed by atoms with E-state index in [0.717, 1.165) is 38.9 Å². The van der Waals surface area contributed by atoms with Crippen molar-refractivity contribution >= 4 is 10.9 Å². The summed E-state index contributed by atoms with van der Waals surface area (Å²) in [4.78, 5) is 8.54. The average molecular weight is 299 g/mol. The Morgan fingerprint density at radius 3 is 2.68 bits per heavy atom. The topological polar surface area (TPSA) is 31.5 Å². The second-order valence-electron chi connectivity index (χ2n) is 6.55. The van der Waals surface area contributed by atoms with Gasteiger partial charge in [0.25, 0.3) is 0 Å². The van der Waals surface area contributed by atoms with Crippen LogP contribution in [0, 0.1) is 0 Å². The number of fused-ring (bicyclic) bond motifs is 1. The van der Waals surface area contributed by atoms with Crippen LogP contribution in [0.15, 0.2) is 30.5 Å². The highest BCUT2D eigenvalue weighted by atomic mass is 16.5. The van der Waals surface area contributed by atoms with E-state index in [1.807, 2.05) is 6.20 Å². The number of piperidine rings is 1. The number of hydrogen-bond acceptors (Lipinski definition) is 3. The van der Waals surface area contributed by atoms with Crippen LogP contribution in [-0.4, -0.2) is 60.2 Å². The maximum atomic E-state index is 5.46. The van der Waals surface area contributed by atoms with Gasteiger partial charge in [-0.25, -0.2) is 0 Å². The van der Waals surface area contributed by atoms with Gasteiger partial charge < -0.3 is 9.72 Å². The van der Waals surface area contributed by atoms with Crippen LogP contribution in [0.1, 0.15) is 18.4 Å². The Hall–Kier alpha value is -1.36.